The molecule has 6 heteroatoms. The van der Waals surface area contributed by atoms with Crippen LogP contribution in [0.15, 0.2) is 30.6 Å². The van der Waals surface area contributed by atoms with Gasteiger partial charge in [0.05, 0.1) is 24.4 Å². The molecule has 0 fully saturated rings. The molecule has 0 spiro atoms. The Morgan fingerprint density at radius 3 is 2.90 bits per heavy atom. The molecule has 1 aliphatic heterocycles. The molecule has 21 heavy (non-hydrogen) atoms. The number of aliphatic hydroxyl groups excluding tert-OH is 1. The number of pyridine rings is 1. The van der Waals surface area contributed by atoms with Gasteiger partial charge in [-0.1, -0.05) is 11.6 Å². The number of hydrogen-bond donors (Lipinski definition) is 1. The van der Waals surface area contributed by atoms with Crippen LogP contribution < -0.4 is 9.47 Å². The summed E-state index contributed by atoms with van der Waals surface area (Å²) in [6.45, 7) is 1.03. The average Bonchev–Trinajstić information content (AvgIpc) is 2.72. The number of nitrogens with zero attached hydrogens (tertiary/aromatic N) is 1. The van der Waals surface area contributed by atoms with Crippen molar-refractivity contribution in [3.05, 3.63) is 52.6 Å². The van der Waals surface area contributed by atoms with Crippen LogP contribution in [-0.4, -0.2) is 23.3 Å². The molecule has 0 amide bonds. The predicted octanol–water partition coefficient (Wildman–Crippen LogP) is 3.12. The molecule has 4 nitrogen and oxygen atoms in total. The molecule has 0 bridgehead atoms. The Morgan fingerprint density at radius 1 is 1.29 bits per heavy atom. The van der Waals surface area contributed by atoms with Gasteiger partial charge in [-0.3, -0.25) is 4.98 Å². The molecule has 1 aromatic carbocycles. The van der Waals surface area contributed by atoms with Crippen molar-refractivity contribution in [1.82, 2.24) is 4.98 Å². The van der Waals surface area contributed by atoms with Gasteiger partial charge in [0, 0.05) is 18.2 Å². The van der Waals surface area contributed by atoms with Gasteiger partial charge in [-0.15, -0.1) is 0 Å². The molecule has 2 aromatic rings. The first-order valence-electron chi connectivity index (χ1n) is 6.53. The maximum Gasteiger partial charge on any atom is 0.179 e. The molecule has 1 atom stereocenters. The second-order valence-corrected chi connectivity index (χ2v) is 5.09. The van der Waals surface area contributed by atoms with Gasteiger partial charge in [0.2, 0.25) is 0 Å². The summed E-state index contributed by atoms with van der Waals surface area (Å²) in [5, 5.41) is 10.7. The first-order valence-corrected chi connectivity index (χ1v) is 6.91. The molecule has 0 radical (unpaired) electrons. The highest BCUT2D eigenvalue weighted by atomic mass is 35.5. The Kier molecular flexibility index (Phi) is 3.94. The minimum absolute atomic E-state index is 0.135. The third kappa shape index (κ3) is 2.80. The lowest BCUT2D eigenvalue weighted by atomic mass is 10.0. The van der Waals surface area contributed by atoms with Crippen LogP contribution in [0, 0.1) is 5.82 Å². The van der Waals surface area contributed by atoms with Crippen LogP contribution in [0.1, 0.15) is 23.7 Å². The SMILES string of the molecule is OC(c1cc(Cl)c2c(c1)OCCCO2)c1ccncc1F. The van der Waals surface area contributed by atoms with Crippen LogP contribution in [0.2, 0.25) is 5.02 Å². The lowest BCUT2D eigenvalue weighted by Crippen LogP contribution is -2.04. The number of fused-ring (bicyclic) bond motifs is 1. The number of ether oxygens (including phenoxy) is 2. The molecule has 0 aliphatic carbocycles. The highest BCUT2D eigenvalue weighted by Crippen LogP contribution is 2.40. The number of aromatic nitrogens is 1. The van der Waals surface area contributed by atoms with Crippen molar-refractivity contribution in [1.29, 1.82) is 0 Å². The minimum atomic E-state index is -1.15. The zero-order valence-electron chi connectivity index (χ0n) is 11.1. The fourth-order valence-electron chi connectivity index (χ4n) is 2.20. The van der Waals surface area contributed by atoms with E-state index in [1.165, 1.54) is 12.3 Å². The van der Waals surface area contributed by atoms with Crippen LogP contribution in [0.5, 0.6) is 11.5 Å². The van der Waals surface area contributed by atoms with Gasteiger partial charge in [0.15, 0.2) is 11.5 Å². The molecule has 1 unspecified atom stereocenters. The molecule has 1 N–H and O–H groups in total. The fourth-order valence-corrected chi connectivity index (χ4v) is 2.47. The molecule has 110 valence electrons. The molecular weight excluding hydrogens is 297 g/mol. The van der Waals surface area contributed by atoms with Crippen LogP contribution in [-0.2, 0) is 0 Å². The third-order valence-corrected chi connectivity index (χ3v) is 3.52. The Labute approximate surface area is 126 Å². The quantitative estimate of drug-likeness (QED) is 0.926. The van der Waals surface area contributed by atoms with Gasteiger partial charge in [0.25, 0.3) is 0 Å². The van der Waals surface area contributed by atoms with Crippen molar-refractivity contribution >= 4 is 11.6 Å². The van der Waals surface area contributed by atoms with Crippen molar-refractivity contribution in [3.63, 3.8) is 0 Å². The number of aliphatic hydroxyl groups is 1. The highest BCUT2D eigenvalue weighted by Gasteiger charge is 2.21. The van der Waals surface area contributed by atoms with Gasteiger partial charge in [-0.2, -0.15) is 0 Å². The molecular formula is C15H13ClFNO3. The van der Waals surface area contributed by atoms with E-state index >= 15 is 0 Å². The van der Waals surface area contributed by atoms with Crippen molar-refractivity contribution in [2.24, 2.45) is 0 Å². The van der Waals surface area contributed by atoms with Crippen LogP contribution in [0.4, 0.5) is 4.39 Å². The van der Waals surface area contributed by atoms with E-state index in [1.54, 1.807) is 12.1 Å². The molecule has 1 aliphatic rings. The smallest absolute Gasteiger partial charge is 0.179 e. The van der Waals surface area contributed by atoms with Gasteiger partial charge in [0.1, 0.15) is 11.9 Å². The third-order valence-electron chi connectivity index (χ3n) is 3.24. The average molecular weight is 310 g/mol. The number of benzene rings is 1. The maximum absolute atomic E-state index is 13.7. The first kappa shape index (κ1) is 14.1. The minimum Gasteiger partial charge on any atom is -0.489 e. The van der Waals surface area contributed by atoms with Crippen LogP contribution in [0.25, 0.3) is 0 Å². The zero-order chi connectivity index (χ0) is 14.8. The van der Waals surface area contributed by atoms with Gasteiger partial charge in [-0.25, -0.2) is 4.39 Å². The van der Waals surface area contributed by atoms with E-state index in [9.17, 15) is 9.50 Å². The summed E-state index contributed by atoms with van der Waals surface area (Å²) in [7, 11) is 0. The normalized spacial score (nSPS) is 15.4. The Hall–Kier alpha value is -1.85. The Morgan fingerprint density at radius 2 is 2.10 bits per heavy atom. The standard InChI is InChI=1S/C15H13ClFNO3/c16-11-6-9(7-13-15(11)21-5-1-4-20-13)14(19)10-2-3-18-8-12(10)17/h2-3,6-8,14,19H,1,4-5H2. The van der Waals surface area contributed by atoms with E-state index in [2.05, 4.69) is 4.98 Å². The number of rotatable bonds is 2. The molecule has 0 saturated carbocycles. The zero-order valence-corrected chi connectivity index (χ0v) is 11.8. The molecule has 3 rings (SSSR count). The largest absolute Gasteiger partial charge is 0.489 e. The summed E-state index contributed by atoms with van der Waals surface area (Å²) in [6.07, 6.45) is 2.08. The first-order chi connectivity index (χ1) is 10.2. The van der Waals surface area contributed by atoms with E-state index in [-0.39, 0.29) is 5.56 Å². The highest BCUT2D eigenvalue weighted by molar-refractivity contribution is 6.32. The summed E-state index contributed by atoms with van der Waals surface area (Å²) < 4.78 is 24.8. The second kappa shape index (κ2) is 5.87. The molecule has 2 heterocycles. The van der Waals surface area contributed by atoms with Crippen molar-refractivity contribution in [3.8, 4) is 11.5 Å². The van der Waals surface area contributed by atoms with E-state index in [4.69, 9.17) is 21.1 Å². The van der Waals surface area contributed by atoms with Crippen molar-refractivity contribution in [2.75, 3.05) is 13.2 Å². The number of halogens is 2. The fraction of sp³-hybridized carbons (Fsp3) is 0.267. The van der Waals surface area contributed by atoms with Crippen LogP contribution >= 0.6 is 11.6 Å². The lowest BCUT2D eigenvalue weighted by Gasteiger charge is -2.16. The van der Waals surface area contributed by atoms with Gasteiger partial charge >= 0.3 is 0 Å². The Bertz CT molecular complexity index is 665. The summed E-state index contributed by atoms with van der Waals surface area (Å²) >= 11 is 6.17. The summed E-state index contributed by atoms with van der Waals surface area (Å²) in [5.41, 5.74) is 0.574. The second-order valence-electron chi connectivity index (χ2n) is 4.68. The molecule has 1 aromatic heterocycles. The Balaban J connectivity index is 2.01. The van der Waals surface area contributed by atoms with Crippen molar-refractivity contribution < 1.29 is 19.0 Å². The van der Waals surface area contributed by atoms with E-state index in [1.807, 2.05) is 0 Å². The van der Waals surface area contributed by atoms with E-state index in [0.717, 1.165) is 12.6 Å². The monoisotopic (exact) mass is 309 g/mol. The van der Waals surface area contributed by atoms with Crippen molar-refractivity contribution in [2.45, 2.75) is 12.5 Å². The van der Waals surface area contributed by atoms with E-state index < -0.39 is 11.9 Å². The van der Waals surface area contributed by atoms with Gasteiger partial charge in [-0.05, 0) is 23.8 Å². The topological polar surface area (TPSA) is 51.6 Å². The summed E-state index contributed by atoms with van der Waals surface area (Å²) in [5.74, 6) is 0.345. The predicted molar refractivity (Wildman–Crippen MR) is 75.3 cm³/mol. The summed E-state index contributed by atoms with van der Waals surface area (Å²) in [6, 6.07) is 4.60. The van der Waals surface area contributed by atoms with E-state index in [0.29, 0.717) is 35.3 Å². The lowest BCUT2D eigenvalue weighted by molar-refractivity contribution is 0.214. The van der Waals surface area contributed by atoms with Crippen LogP contribution in [0.3, 0.4) is 0 Å². The molecule has 0 saturated heterocycles. The van der Waals surface area contributed by atoms with Gasteiger partial charge < -0.3 is 14.6 Å². The maximum atomic E-state index is 13.7. The summed E-state index contributed by atoms with van der Waals surface area (Å²) in [4.78, 5) is 3.66. The number of hydrogen-bond acceptors (Lipinski definition) is 4.